The van der Waals surface area contributed by atoms with E-state index in [4.69, 9.17) is 4.74 Å². The summed E-state index contributed by atoms with van der Waals surface area (Å²) in [6.45, 7) is 3.99. The summed E-state index contributed by atoms with van der Waals surface area (Å²) in [6.07, 6.45) is 1.62. The van der Waals surface area contributed by atoms with Crippen LogP contribution in [-0.4, -0.2) is 29.1 Å². The quantitative estimate of drug-likeness (QED) is 0.557. The molecule has 4 nitrogen and oxygen atoms in total. The van der Waals surface area contributed by atoms with Gasteiger partial charge in [0.25, 0.3) is 0 Å². The zero-order valence-electron chi connectivity index (χ0n) is 17.9. The van der Waals surface area contributed by atoms with Gasteiger partial charge in [0.1, 0.15) is 12.4 Å². The number of carboxylic acid groups (broad SMARTS) is 1. The summed E-state index contributed by atoms with van der Waals surface area (Å²) < 4.78 is 6.27. The number of rotatable bonds is 7. The third-order valence-corrected chi connectivity index (χ3v) is 6.01. The zero-order valence-corrected chi connectivity index (χ0v) is 17.9. The zero-order chi connectivity index (χ0) is 21.6. The van der Waals surface area contributed by atoms with Gasteiger partial charge >= 0.3 is 5.97 Å². The number of hydrogen-bond donors (Lipinski definition) is 1. The molecule has 2 unspecified atom stereocenters. The molecule has 0 aliphatic carbocycles. The van der Waals surface area contributed by atoms with Crippen LogP contribution in [0.4, 0.5) is 0 Å². The summed E-state index contributed by atoms with van der Waals surface area (Å²) in [7, 11) is 0. The van der Waals surface area contributed by atoms with Crippen molar-refractivity contribution < 1.29 is 14.6 Å². The molecule has 31 heavy (non-hydrogen) atoms. The molecule has 4 heteroatoms. The molecule has 4 rings (SSSR count). The first-order chi connectivity index (χ1) is 15.1. The molecule has 0 saturated carbocycles. The summed E-state index contributed by atoms with van der Waals surface area (Å²) in [4.78, 5) is 14.0. The number of carbonyl (C=O) groups is 1. The average molecular weight is 416 g/mol. The van der Waals surface area contributed by atoms with Crippen LogP contribution in [0.15, 0.2) is 78.9 Å². The van der Waals surface area contributed by atoms with Crippen molar-refractivity contribution >= 4 is 5.97 Å². The number of aliphatic carboxylic acids is 1. The minimum Gasteiger partial charge on any atom is -0.489 e. The molecule has 1 aliphatic heterocycles. The van der Waals surface area contributed by atoms with Crippen LogP contribution in [0.3, 0.4) is 0 Å². The molecule has 0 bridgehead atoms. The fourth-order valence-electron chi connectivity index (χ4n) is 4.35. The molecule has 1 aliphatic rings. The Kier molecular flexibility index (Phi) is 6.68. The Hall–Kier alpha value is -3.11. The maximum atomic E-state index is 11.7. The second kappa shape index (κ2) is 9.80. The fraction of sp³-hybridized carbons (Fsp3) is 0.296. The highest BCUT2D eigenvalue weighted by atomic mass is 16.5. The highest BCUT2D eigenvalue weighted by Gasteiger charge is 2.32. The van der Waals surface area contributed by atoms with Crippen LogP contribution in [0.2, 0.25) is 0 Å². The Labute approximate surface area is 184 Å². The normalized spacial score (nSPS) is 17.8. The molecule has 3 aromatic carbocycles. The van der Waals surface area contributed by atoms with E-state index in [-0.39, 0.29) is 12.0 Å². The molecular weight excluding hydrogens is 386 g/mol. The number of nitrogens with zero attached hydrogens (tertiary/aromatic N) is 1. The minimum atomic E-state index is -0.707. The van der Waals surface area contributed by atoms with E-state index >= 15 is 0 Å². The highest BCUT2D eigenvalue weighted by molar-refractivity contribution is 5.70. The standard InChI is InChI=1S/C27H29NO3/c1-20-13-15-22(16-14-20)26(28-17-7-10-23(18-28)27(29)30)24-11-5-6-12-25(24)31-19-21-8-3-2-4-9-21/h2-6,8-9,11-16,23,26H,7,10,17-19H2,1H3,(H,29,30). The van der Waals surface area contributed by atoms with Gasteiger partial charge in [0, 0.05) is 12.1 Å². The molecule has 1 heterocycles. The molecule has 1 fully saturated rings. The minimum absolute atomic E-state index is 0.0466. The van der Waals surface area contributed by atoms with Crippen molar-refractivity contribution in [3.63, 3.8) is 0 Å². The van der Waals surface area contributed by atoms with Crippen molar-refractivity contribution in [3.05, 3.63) is 101 Å². The van der Waals surface area contributed by atoms with E-state index < -0.39 is 5.97 Å². The lowest BCUT2D eigenvalue weighted by molar-refractivity contribution is -0.143. The molecule has 0 amide bonds. The van der Waals surface area contributed by atoms with Crippen LogP contribution in [0.25, 0.3) is 0 Å². The van der Waals surface area contributed by atoms with Gasteiger partial charge in [-0.15, -0.1) is 0 Å². The van der Waals surface area contributed by atoms with Gasteiger partial charge in [-0.1, -0.05) is 78.4 Å². The Bertz CT molecular complexity index is 1000. The second-order valence-electron chi connectivity index (χ2n) is 8.30. The lowest BCUT2D eigenvalue weighted by atomic mass is 9.90. The van der Waals surface area contributed by atoms with Crippen molar-refractivity contribution in [3.8, 4) is 5.75 Å². The van der Waals surface area contributed by atoms with E-state index in [2.05, 4.69) is 54.3 Å². The van der Waals surface area contributed by atoms with Gasteiger partial charge in [0.05, 0.1) is 12.0 Å². The van der Waals surface area contributed by atoms with Crippen LogP contribution in [0.1, 0.15) is 41.1 Å². The number of likely N-dealkylation sites (tertiary alicyclic amines) is 1. The van der Waals surface area contributed by atoms with E-state index in [1.807, 2.05) is 36.4 Å². The number of ether oxygens (including phenoxy) is 1. The summed E-state index contributed by atoms with van der Waals surface area (Å²) in [5.41, 5.74) is 4.56. The van der Waals surface area contributed by atoms with Crippen molar-refractivity contribution in [2.75, 3.05) is 13.1 Å². The van der Waals surface area contributed by atoms with E-state index in [1.54, 1.807) is 0 Å². The molecule has 0 aromatic heterocycles. The number of aryl methyl sites for hydroxylation is 1. The van der Waals surface area contributed by atoms with Crippen LogP contribution in [-0.2, 0) is 11.4 Å². The van der Waals surface area contributed by atoms with Crippen molar-refractivity contribution in [1.29, 1.82) is 0 Å². The van der Waals surface area contributed by atoms with Crippen molar-refractivity contribution in [1.82, 2.24) is 4.90 Å². The fourth-order valence-corrected chi connectivity index (χ4v) is 4.35. The average Bonchev–Trinajstić information content (AvgIpc) is 2.81. The van der Waals surface area contributed by atoms with E-state index in [0.29, 0.717) is 13.2 Å². The van der Waals surface area contributed by atoms with Gasteiger partial charge in [-0.3, -0.25) is 9.69 Å². The predicted octanol–water partition coefficient (Wildman–Crippen LogP) is 5.46. The number of hydrogen-bond acceptors (Lipinski definition) is 3. The van der Waals surface area contributed by atoms with Gasteiger partial charge in [0.2, 0.25) is 0 Å². The number of carboxylic acids is 1. The first-order valence-corrected chi connectivity index (χ1v) is 10.9. The third kappa shape index (κ3) is 5.15. The molecule has 3 aromatic rings. The summed E-state index contributed by atoms with van der Waals surface area (Å²) in [5.74, 6) is -0.200. The molecule has 160 valence electrons. The lowest BCUT2D eigenvalue weighted by Crippen LogP contribution is -2.41. The summed E-state index contributed by atoms with van der Waals surface area (Å²) >= 11 is 0. The molecule has 0 spiro atoms. The number of para-hydroxylation sites is 1. The maximum Gasteiger partial charge on any atom is 0.307 e. The highest BCUT2D eigenvalue weighted by Crippen LogP contribution is 2.37. The van der Waals surface area contributed by atoms with Crippen LogP contribution >= 0.6 is 0 Å². The van der Waals surface area contributed by atoms with Gasteiger partial charge in [-0.25, -0.2) is 0 Å². The van der Waals surface area contributed by atoms with E-state index in [9.17, 15) is 9.90 Å². The van der Waals surface area contributed by atoms with Crippen molar-refractivity contribution in [2.24, 2.45) is 5.92 Å². The van der Waals surface area contributed by atoms with Crippen molar-refractivity contribution in [2.45, 2.75) is 32.4 Å². The molecule has 1 N–H and O–H groups in total. The topological polar surface area (TPSA) is 49.8 Å². The SMILES string of the molecule is Cc1ccc(C(c2ccccc2OCc2ccccc2)N2CCCC(C(=O)O)C2)cc1. The molecule has 1 saturated heterocycles. The van der Waals surface area contributed by atoms with Gasteiger partial charge in [0.15, 0.2) is 0 Å². The molecular formula is C27H29NO3. The largest absolute Gasteiger partial charge is 0.489 e. The first-order valence-electron chi connectivity index (χ1n) is 10.9. The number of benzene rings is 3. The summed E-state index contributed by atoms with van der Waals surface area (Å²) in [6, 6.07) is 26.8. The van der Waals surface area contributed by atoms with Gasteiger partial charge in [-0.2, -0.15) is 0 Å². The Balaban J connectivity index is 1.68. The molecule has 0 radical (unpaired) electrons. The summed E-state index contributed by atoms with van der Waals surface area (Å²) in [5, 5.41) is 9.63. The predicted molar refractivity (Wildman–Crippen MR) is 122 cm³/mol. The van der Waals surface area contributed by atoms with E-state index in [1.165, 1.54) is 5.56 Å². The number of piperidine rings is 1. The maximum absolute atomic E-state index is 11.7. The van der Waals surface area contributed by atoms with Crippen LogP contribution < -0.4 is 4.74 Å². The lowest BCUT2D eigenvalue weighted by Gasteiger charge is -2.38. The van der Waals surface area contributed by atoms with Crippen LogP contribution in [0.5, 0.6) is 5.75 Å². The Morgan fingerprint density at radius 2 is 1.74 bits per heavy atom. The molecule has 2 atom stereocenters. The van der Waals surface area contributed by atoms with Gasteiger partial charge < -0.3 is 9.84 Å². The first kappa shape index (κ1) is 21.1. The Morgan fingerprint density at radius 1 is 1.03 bits per heavy atom. The van der Waals surface area contributed by atoms with E-state index in [0.717, 1.165) is 41.8 Å². The monoisotopic (exact) mass is 415 g/mol. The van der Waals surface area contributed by atoms with Gasteiger partial charge in [-0.05, 0) is 43.5 Å². The Morgan fingerprint density at radius 3 is 2.48 bits per heavy atom. The smallest absolute Gasteiger partial charge is 0.307 e. The second-order valence-corrected chi connectivity index (χ2v) is 8.30. The van der Waals surface area contributed by atoms with Crippen LogP contribution in [0, 0.1) is 12.8 Å². The third-order valence-electron chi connectivity index (χ3n) is 6.01.